The van der Waals surface area contributed by atoms with Crippen molar-refractivity contribution < 1.29 is 18.3 Å². The van der Waals surface area contributed by atoms with Gasteiger partial charge in [-0.05, 0) is 42.9 Å². The van der Waals surface area contributed by atoms with Crippen LogP contribution in [-0.2, 0) is 21.2 Å². The fourth-order valence-electron chi connectivity index (χ4n) is 2.56. The molecule has 1 aliphatic rings. The fourth-order valence-corrected chi connectivity index (χ4v) is 3.85. The molecule has 2 unspecified atom stereocenters. The van der Waals surface area contributed by atoms with Gasteiger partial charge >= 0.3 is 5.97 Å². The van der Waals surface area contributed by atoms with Crippen molar-refractivity contribution in [3.05, 3.63) is 29.8 Å². The van der Waals surface area contributed by atoms with Gasteiger partial charge in [-0.15, -0.1) is 0 Å². The highest BCUT2D eigenvalue weighted by atomic mass is 32.2. The molecule has 0 aliphatic heterocycles. The summed E-state index contributed by atoms with van der Waals surface area (Å²) in [7, 11) is -3.51. The second-order valence-electron chi connectivity index (χ2n) is 5.45. The predicted molar refractivity (Wildman–Crippen MR) is 74.9 cm³/mol. The lowest BCUT2D eigenvalue weighted by molar-refractivity contribution is -0.136. The lowest BCUT2D eigenvalue weighted by Gasteiger charge is -2.13. The average molecular weight is 297 g/mol. The molecule has 0 spiro atoms. The maximum absolute atomic E-state index is 12.2. The molecule has 1 fully saturated rings. The van der Waals surface area contributed by atoms with E-state index < -0.39 is 16.0 Å². The van der Waals surface area contributed by atoms with Gasteiger partial charge in [0.1, 0.15) is 0 Å². The van der Waals surface area contributed by atoms with Crippen LogP contribution in [0, 0.1) is 5.92 Å². The van der Waals surface area contributed by atoms with Gasteiger partial charge < -0.3 is 5.11 Å². The summed E-state index contributed by atoms with van der Waals surface area (Å²) in [6, 6.07) is 6.01. The van der Waals surface area contributed by atoms with Crippen LogP contribution < -0.4 is 4.72 Å². The maximum Gasteiger partial charge on any atom is 0.307 e. The number of benzene rings is 1. The Labute approximate surface area is 119 Å². The van der Waals surface area contributed by atoms with E-state index in [4.69, 9.17) is 5.11 Å². The minimum absolute atomic E-state index is 0.00805. The summed E-state index contributed by atoms with van der Waals surface area (Å²) >= 11 is 0. The van der Waals surface area contributed by atoms with Gasteiger partial charge in [-0.25, -0.2) is 13.1 Å². The highest BCUT2D eigenvalue weighted by Crippen LogP contribution is 2.26. The molecule has 110 valence electrons. The van der Waals surface area contributed by atoms with Gasteiger partial charge in [0.05, 0.1) is 11.3 Å². The van der Waals surface area contributed by atoms with E-state index in [9.17, 15) is 13.2 Å². The van der Waals surface area contributed by atoms with Gasteiger partial charge in [0.25, 0.3) is 0 Å². The Balaban J connectivity index is 2.07. The van der Waals surface area contributed by atoms with Crippen molar-refractivity contribution >= 4 is 16.0 Å². The van der Waals surface area contributed by atoms with E-state index in [2.05, 4.69) is 11.6 Å². The van der Waals surface area contributed by atoms with Crippen LogP contribution in [0.15, 0.2) is 29.2 Å². The van der Waals surface area contributed by atoms with E-state index in [-0.39, 0.29) is 17.4 Å². The topological polar surface area (TPSA) is 83.5 Å². The molecular weight excluding hydrogens is 278 g/mol. The molecule has 6 heteroatoms. The smallest absolute Gasteiger partial charge is 0.307 e. The number of hydrogen-bond donors (Lipinski definition) is 2. The number of carboxylic acids is 1. The summed E-state index contributed by atoms with van der Waals surface area (Å²) in [6.07, 6.45) is 2.69. The van der Waals surface area contributed by atoms with E-state index in [1.165, 1.54) is 12.1 Å². The van der Waals surface area contributed by atoms with Gasteiger partial charge in [-0.1, -0.05) is 19.1 Å². The molecule has 0 radical (unpaired) electrons. The first-order valence-corrected chi connectivity index (χ1v) is 8.18. The second-order valence-corrected chi connectivity index (χ2v) is 7.16. The van der Waals surface area contributed by atoms with E-state index in [1.807, 2.05) is 0 Å². The second kappa shape index (κ2) is 5.93. The Morgan fingerprint density at radius 3 is 2.45 bits per heavy atom. The number of rotatable bonds is 5. The molecule has 2 rings (SSSR count). The van der Waals surface area contributed by atoms with Crippen molar-refractivity contribution in [2.24, 2.45) is 5.92 Å². The number of carboxylic acid groups (broad SMARTS) is 1. The van der Waals surface area contributed by atoms with Crippen LogP contribution in [0.5, 0.6) is 0 Å². The molecular formula is C14H19NO4S. The van der Waals surface area contributed by atoms with Crippen molar-refractivity contribution in [3.63, 3.8) is 0 Å². The van der Waals surface area contributed by atoms with Gasteiger partial charge in [-0.2, -0.15) is 0 Å². The molecule has 1 aliphatic carbocycles. The van der Waals surface area contributed by atoms with Gasteiger partial charge in [0.15, 0.2) is 0 Å². The SMILES string of the molecule is CC1CCC(NS(=O)(=O)c2ccc(CC(=O)O)cc2)C1. The quantitative estimate of drug-likeness (QED) is 0.867. The van der Waals surface area contributed by atoms with Crippen molar-refractivity contribution in [1.29, 1.82) is 0 Å². The minimum Gasteiger partial charge on any atom is -0.481 e. The van der Waals surface area contributed by atoms with Crippen LogP contribution in [0.1, 0.15) is 31.7 Å². The average Bonchev–Trinajstić information content (AvgIpc) is 2.74. The number of aliphatic carboxylic acids is 1. The zero-order valence-corrected chi connectivity index (χ0v) is 12.2. The van der Waals surface area contributed by atoms with Crippen molar-refractivity contribution in [1.82, 2.24) is 4.72 Å². The number of sulfonamides is 1. The van der Waals surface area contributed by atoms with Crippen LogP contribution in [0.25, 0.3) is 0 Å². The molecule has 0 heterocycles. The highest BCUT2D eigenvalue weighted by molar-refractivity contribution is 7.89. The van der Waals surface area contributed by atoms with Gasteiger partial charge in [0.2, 0.25) is 10.0 Å². The van der Waals surface area contributed by atoms with E-state index in [1.54, 1.807) is 12.1 Å². The lowest BCUT2D eigenvalue weighted by Crippen LogP contribution is -2.32. The summed E-state index contributed by atoms with van der Waals surface area (Å²) in [4.78, 5) is 10.8. The molecule has 1 aromatic rings. The third-order valence-electron chi connectivity index (χ3n) is 3.61. The molecule has 2 N–H and O–H groups in total. The van der Waals surface area contributed by atoms with Crippen LogP contribution in [-0.4, -0.2) is 25.5 Å². The lowest BCUT2D eigenvalue weighted by atomic mass is 10.1. The molecule has 0 bridgehead atoms. The normalized spacial score (nSPS) is 22.9. The first-order valence-electron chi connectivity index (χ1n) is 6.70. The molecule has 0 aromatic heterocycles. The molecule has 0 amide bonds. The van der Waals surface area contributed by atoms with E-state index in [0.29, 0.717) is 11.5 Å². The van der Waals surface area contributed by atoms with Crippen molar-refractivity contribution in [2.75, 3.05) is 0 Å². The minimum atomic E-state index is -3.51. The standard InChI is InChI=1S/C14H19NO4S/c1-10-2-5-12(8-10)15-20(18,19)13-6-3-11(4-7-13)9-14(16)17/h3-4,6-7,10,12,15H,2,5,8-9H2,1H3,(H,16,17). The summed E-state index contributed by atoms with van der Waals surface area (Å²) in [5.74, 6) is -0.376. The number of hydrogen-bond acceptors (Lipinski definition) is 3. The van der Waals surface area contributed by atoms with Crippen LogP contribution in [0.2, 0.25) is 0 Å². The third kappa shape index (κ3) is 3.80. The number of carbonyl (C=O) groups is 1. The first kappa shape index (κ1) is 15.0. The Bertz CT molecular complexity index is 580. The maximum atomic E-state index is 12.2. The molecule has 1 aromatic carbocycles. The fraction of sp³-hybridized carbons (Fsp3) is 0.500. The van der Waals surface area contributed by atoms with Crippen LogP contribution in [0.3, 0.4) is 0 Å². The summed E-state index contributed by atoms with van der Waals surface area (Å²) in [6.45, 7) is 2.12. The molecule has 20 heavy (non-hydrogen) atoms. The van der Waals surface area contributed by atoms with E-state index in [0.717, 1.165) is 19.3 Å². The first-order chi connectivity index (χ1) is 9.37. The molecule has 0 saturated heterocycles. The predicted octanol–water partition coefficient (Wildman–Crippen LogP) is 1.78. The zero-order valence-electron chi connectivity index (χ0n) is 11.4. The molecule has 1 saturated carbocycles. The number of nitrogens with one attached hydrogen (secondary N) is 1. The van der Waals surface area contributed by atoms with Gasteiger partial charge in [-0.3, -0.25) is 4.79 Å². The zero-order chi connectivity index (χ0) is 14.8. The Kier molecular flexibility index (Phi) is 4.45. The van der Waals surface area contributed by atoms with Gasteiger partial charge in [0, 0.05) is 6.04 Å². The van der Waals surface area contributed by atoms with Crippen LogP contribution >= 0.6 is 0 Å². The Morgan fingerprint density at radius 2 is 1.95 bits per heavy atom. The largest absolute Gasteiger partial charge is 0.481 e. The molecule has 2 atom stereocenters. The third-order valence-corrected chi connectivity index (χ3v) is 5.14. The molecule has 5 nitrogen and oxygen atoms in total. The Morgan fingerprint density at radius 1 is 1.30 bits per heavy atom. The highest BCUT2D eigenvalue weighted by Gasteiger charge is 2.26. The van der Waals surface area contributed by atoms with Crippen molar-refractivity contribution in [3.8, 4) is 0 Å². The summed E-state index contributed by atoms with van der Waals surface area (Å²) in [5.41, 5.74) is 0.589. The Hall–Kier alpha value is -1.40. The summed E-state index contributed by atoms with van der Waals surface area (Å²) in [5, 5.41) is 8.68. The van der Waals surface area contributed by atoms with E-state index >= 15 is 0 Å². The van der Waals surface area contributed by atoms with Crippen molar-refractivity contribution in [2.45, 2.75) is 43.5 Å². The monoisotopic (exact) mass is 297 g/mol. The summed E-state index contributed by atoms with van der Waals surface area (Å²) < 4.78 is 27.1. The van der Waals surface area contributed by atoms with Crippen LogP contribution in [0.4, 0.5) is 0 Å².